The summed E-state index contributed by atoms with van der Waals surface area (Å²) < 4.78 is 10.5. The number of nitrogens with two attached hydrogens (primary N) is 1. The van der Waals surface area contributed by atoms with Gasteiger partial charge in [0.1, 0.15) is 0 Å². The van der Waals surface area contributed by atoms with Gasteiger partial charge in [-0.05, 0) is 18.8 Å². The Morgan fingerprint density at radius 3 is 2.62 bits per heavy atom. The molecule has 2 saturated heterocycles. The molecule has 2 aliphatic heterocycles. The van der Waals surface area contributed by atoms with Gasteiger partial charge in [0, 0.05) is 45.8 Å². The molecule has 2 fully saturated rings. The van der Waals surface area contributed by atoms with E-state index < -0.39 is 6.04 Å². The number of hydrogen-bond acceptors (Lipinski definition) is 7. The summed E-state index contributed by atoms with van der Waals surface area (Å²) in [5.41, 5.74) is 6.21. The fourth-order valence-electron chi connectivity index (χ4n) is 3.31. The lowest BCUT2D eigenvalue weighted by atomic mass is 9.91. The molecule has 1 aromatic heterocycles. The van der Waals surface area contributed by atoms with Crippen molar-refractivity contribution in [1.82, 2.24) is 19.9 Å². The zero-order valence-electron chi connectivity index (χ0n) is 14.3. The van der Waals surface area contributed by atoms with Crippen LogP contribution in [0.5, 0.6) is 0 Å². The number of hydrogen-bond donors (Lipinski definition) is 1. The highest BCUT2D eigenvalue weighted by atomic mass is 16.5. The number of amides is 1. The van der Waals surface area contributed by atoms with Gasteiger partial charge in [0.15, 0.2) is 5.82 Å². The Morgan fingerprint density at radius 2 is 2.00 bits per heavy atom. The van der Waals surface area contributed by atoms with Gasteiger partial charge in [0.25, 0.3) is 0 Å². The third-order valence-corrected chi connectivity index (χ3v) is 4.92. The number of nitrogens with zero attached hydrogens (tertiary/aromatic N) is 4. The normalized spacial score (nSPS) is 21.8. The minimum absolute atomic E-state index is 0.0781. The summed E-state index contributed by atoms with van der Waals surface area (Å²) in [6.45, 7) is 7.10. The molecule has 0 bridgehead atoms. The zero-order valence-corrected chi connectivity index (χ0v) is 14.3. The number of aromatic nitrogens is 2. The van der Waals surface area contributed by atoms with E-state index in [1.165, 1.54) is 0 Å². The van der Waals surface area contributed by atoms with Crippen molar-refractivity contribution in [2.45, 2.75) is 38.8 Å². The fraction of sp³-hybridized carbons (Fsp3) is 0.812. The van der Waals surface area contributed by atoms with Crippen LogP contribution in [-0.2, 0) is 22.5 Å². The summed E-state index contributed by atoms with van der Waals surface area (Å²) in [6, 6.07) is -0.398. The maximum atomic E-state index is 12.6. The van der Waals surface area contributed by atoms with Crippen LogP contribution in [0.2, 0.25) is 0 Å². The topological polar surface area (TPSA) is 97.7 Å². The molecular formula is C16H27N5O3. The Balaban J connectivity index is 1.46. The Labute approximate surface area is 142 Å². The van der Waals surface area contributed by atoms with Crippen molar-refractivity contribution in [1.29, 1.82) is 0 Å². The van der Waals surface area contributed by atoms with E-state index in [1.54, 1.807) is 0 Å². The average Bonchev–Trinajstić information content (AvgIpc) is 3.09. The lowest BCUT2D eigenvalue weighted by molar-refractivity contribution is -0.136. The van der Waals surface area contributed by atoms with Crippen molar-refractivity contribution in [3.8, 4) is 0 Å². The van der Waals surface area contributed by atoms with Crippen LogP contribution in [0.3, 0.4) is 0 Å². The van der Waals surface area contributed by atoms with Crippen molar-refractivity contribution in [2.75, 3.05) is 39.4 Å². The first-order chi connectivity index (χ1) is 11.7. The van der Waals surface area contributed by atoms with Gasteiger partial charge in [-0.3, -0.25) is 9.69 Å². The van der Waals surface area contributed by atoms with Gasteiger partial charge < -0.3 is 19.9 Å². The van der Waals surface area contributed by atoms with Crippen LogP contribution in [0.25, 0.3) is 0 Å². The van der Waals surface area contributed by atoms with Crippen molar-refractivity contribution in [3.05, 3.63) is 11.7 Å². The first-order valence-electron chi connectivity index (χ1n) is 8.83. The molecule has 2 N–H and O–H groups in total. The summed E-state index contributed by atoms with van der Waals surface area (Å²) in [7, 11) is 0. The second kappa shape index (κ2) is 8.04. The quantitative estimate of drug-likeness (QED) is 0.809. The summed E-state index contributed by atoms with van der Waals surface area (Å²) in [5.74, 6) is 1.71. The predicted octanol–water partition coefficient (Wildman–Crippen LogP) is 0.0301. The molecule has 1 amide bonds. The zero-order chi connectivity index (χ0) is 16.9. The minimum Gasteiger partial charge on any atom is -0.381 e. The molecule has 8 heteroatoms. The average molecular weight is 337 g/mol. The standard InChI is InChI=1S/C16H27N5O3/c1-2-14-18-13(19-24-14)11-20-5-7-21(8-6-20)16(22)15(17)12-3-9-23-10-4-12/h12,15H,2-11,17H2,1H3. The number of rotatable bonds is 5. The van der Waals surface area contributed by atoms with Crippen LogP contribution in [0.1, 0.15) is 31.5 Å². The molecule has 8 nitrogen and oxygen atoms in total. The van der Waals surface area contributed by atoms with Gasteiger partial charge >= 0.3 is 0 Å². The van der Waals surface area contributed by atoms with Gasteiger partial charge in [0.2, 0.25) is 11.8 Å². The van der Waals surface area contributed by atoms with Gasteiger partial charge in [-0.2, -0.15) is 4.98 Å². The number of aryl methyl sites for hydroxylation is 1. The molecule has 3 rings (SSSR count). The maximum Gasteiger partial charge on any atom is 0.239 e. The molecule has 1 unspecified atom stereocenters. The number of ether oxygens (including phenoxy) is 1. The highest BCUT2D eigenvalue weighted by Crippen LogP contribution is 2.19. The van der Waals surface area contributed by atoms with Crippen molar-refractivity contribution >= 4 is 5.91 Å². The van der Waals surface area contributed by atoms with E-state index >= 15 is 0 Å². The van der Waals surface area contributed by atoms with Gasteiger partial charge in [-0.25, -0.2) is 0 Å². The fourth-order valence-corrected chi connectivity index (χ4v) is 3.31. The van der Waals surface area contributed by atoms with Crippen LogP contribution in [0.15, 0.2) is 4.52 Å². The minimum atomic E-state index is -0.398. The number of piperazine rings is 1. The smallest absolute Gasteiger partial charge is 0.239 e. The molecule has 2 aliphatic rings. The lowest BCUT2D eigenvalue weighted by Gasteiger charge is -2.37. The molecular weight excluding hydrogens is 310 g/mol. The molecule has 0 radical (unpaired) electrons. The lowest BCUT2D eigenvalue weighted by Crippen LogP contribution is -2.55. The van der Waals surface area contributed by atoms with E-state index in [2.05, 4.69) is 15.0 Å². The summed E-state index contributed by atoms with van der Waals surface area (Å²) in [4.78, 5) is 21.1. The summed E-state index contributed by atoms with van der Waals surface area (Å²) in [6.07, 6.45) is 2.51. The van der Waals surface area contributed by atoms with Crippen molar-refractivity contribution in [3.63, 3.8) is 0 Å². The molecule has 0 aromatic carbocycles. The monoisotopic (exact) mass is 337 g/mol. The van der Waals surface area contributed by atoms with Crippen LogP contribution >= 0.6 is 0 Å². The van der Waals surface area contributed by atoms with Gasteiger partial charge in [-0.1, -0.05) is 12.1 Å². The van der Waals surface area contributed by atoms with Crippen LogP contribution in [-0.4, -0.2) is 71.3 Å². The highest BCUT2D eigenvalue weighted by Gasteiger charge is 2.31. The van der Waals surface area contributed by atoms with Crippen LogP contribution in [0.4, 0.5) is 0 Å². The molecule has 1 atom stereocenters. The van der Waals surface area contributed by atoms with Gasteiger partial charge in [-0.15, -0.1) is 0 Å². The predicted molar refractivity (Wildman–Crippen MR) is 87.1 cm³/mol. The third kappa shape index (κ3) is 4.12. The van der Waals surface area contributed by atoms with Crippen LogP contribution in [0, 0.1) is 5.92 Å². The summed E-state index contributed by atoms with van der Waals surface area (Å²) >= 11 is 0. The highest BCUT2D eigenvalue weighted by molar-refractivity contribution is 5.82. The van der Waals surface area contributed by atoms with E-state index in [9.17, 15) is 4.79 Å². The van der Waals surface area contributed by atoms with E-state index in [1.807, 2.05) is 11.8 Å². The molecule has 1 aromatic rings. The molecule has 0 saturated carbocycles. The van der Waals surface area contributed by atoms with E-state index in [0.29, 0.717) is 44.6 Å². The third-order valence-electron chi connectivity index (χ3n) is 4.92. The van der Waals surface area contributed by atoms with Crippen molar-refractivity contribution < 1.29 is 14.1 Å². The largest absolute Gasteiger partial charge is 0.381 e. The Kier molecular flexibility index (Phi) is 5.80. The second-order valence-electron chi connectivity index (χ2n) is 6.53. The maximum absolute atomic E-state index is 12.6. The Bertz CT molecular complexity index is 536. The second-order valence-corrected chi connectivity index (χ2v) is 6.53. The van der Waals surface area contributed by atoms with Crippen LogP contribution < -0.4 is 5.73 Å². The SMILES string of the molecule is CCc1nc(CN2CCN(C(=O)C(N)C3CCOCC3)CC2)no1. The van der Waals surface area contributed by atoms with E-state index in [4.69, 9.17) is 15.0 Å². The molecule has 0 spiro atoms. The first-order valence-corrected chi connectivity index (χ1v) is 8.83. The van der Waals surface area contributed by atoms with E-state index in [-0.39, 0.29) is 11.8 Å². The number of carbonyl (C=O) groups is 1. The molecule has 3 heterocycles. The summed E-state index contributed by atoms with van der Waals surface area (Å²) in [5, 5.41) is 3.98. The molecule has 134 valence electrons. The van der Waals surface area contributed by atoms with Crippen molar-refractivity contribution in [2.24, 2.45) is 11.7 Å². The first kappa shape index (κ1) is 17.3. The molecule has 24 heavy (non-hydrogen) atoms. The van der Waals surface area contributed by atoms with Gasteiger partial charge in [0.05, 0.1) is 12.6 Å². The Morgan fingerprint density at radius 1 is 1.29 bits per heavy atom. The van der Waals surface area contributed by atoms with E-state index in [0.717, 1.165) is 32.4 Å². The number of carbonyl (C=O) groups excluding carboxylic acids is 1. The Hall–Kier alpha value is -1.51. The molecule has 0 aliphatic carbocycles.